The van der Waals surface area contributed by atoms with Crippen molar-refractivity contribution in [2.45, 2.75) is 38.2 Å². The molecule has 3 nitrogen and oxygen atoms in total. The van der Waals surface area contributed by atoms with Crippen LogP contribution in [-0.2, 0) is 4.74 Å². The molecule has 3 heteroatoms. The summed E-state index contributed by atoms with van der Waals surface area (Å²) in [5, 5.41) is 10.5. The van der Waals surface area contributed by atoms with Crippen molar-refractivity contribution in [3.8, 4) is 5.75 Å². The van der Waals surface area contributed by atoms with Gasteiger partial charge in [0.25, 0.3) is 0 Å². The summed E-state index contributed by atoms with van der Waals surface area (Å²) in [6.07, 6.45) is 5.55. The van der Waals surface area contributed by atoms with Crippen LogP contribution in [0.15, 0.2) is 24.3 Å². The molecule has 1 aromatic carbocycles. The number of aliphatic hydroxyl groups is 1. The van der Waals surface area contributed by atoms with E-state index in [9.17, 15) is 5.11 Å². The molecule has 0 saturated heterocycles. The molecule has 0 bridgehead atoms. The number of methoxy groups -OCH3 is 1. The fraction of sp³-hybridized carbons (Fsp3) is 0.600. The molecule has 1 saturated carbocycles. The molecule has 1 fully saturated rings. The lowest BCUT2D eigenvalue weighted by Gasteiger charge is -2.27. The molecule has 0 radical (unpaired) electrons. The van der Waals surface area contributed by atoms with Crippen LogP contribution in [0.5, 0.6) is 5.75 Å². The molecule has 0 spiro atoms. The van der Waals surface area contributed by atoms with Gasteiger partial charge in [-0.1, -0.05) is 37.5 Å². The van der Waals surface area contributed by atoms with E-state index in [1.807, 2.05) is 24.3 Å². The number of ether oxygens (including phenoxy) is 2. The molecule has 100 valence electrons. The highest BCUT2D eigenvalue weighted by molar-refractivity contribution is 5.35. The second kappa shape index (κ2) is 6.76. The van der Waals surface area contributed by atoms with E-state index >= 15 is 0 Å². The van der Waals surface area contributed by atoms with Crippen molar-refractivity contribution in [1.82, 2.24) is 0 Å². The summed E-state index contributed by atoms with van der Waals surface area (Å²) in [5.41, 5.74) is 0.890. The first kappa shape index (κ1) is 13.4. The number of hydrogen-bond donors (Lipinski definition) is 1. The molecule has 0 heterocycles. The molecule has 1 aliphatic carbocycles. The van der Waals surface area contributed by atoms with Crippen LogP contribution >= 0.6 is 0 Å². The van der Waals surface area contributed by atoms with Gasteiger partial charge in [0.15, 0.2) is 6.79 Å². The van der Waals surface area contributed by atoms with E-state index < -0.39 is 6.10 Å². The zero-order valence-electron chi connectivity index (χ0n) is 11.0. The molecule has 0 amide bonds. The normalized spacial score (nSPS) is 18.6. The Morgan fingerprint density at radius 1 is 1.22 bits per heavy atom. The molecule has 1 aliphatic rings. The Kier molecular flexibility index (Phi) is 5.02. The molecule has 1 aromatic rings. The number of benzene rings is 1. The van der Waals surface area contributed by atoms with Gasteiger partial charge < -0.3 is 14.6 Å². The third kappa shape index (κ3) is 3.24. The Morgan fingerprint density at radius 3 is 2.67 bits per heavy atom. The third-order valence-corrected chi connectivity index (χ3v) is 3.67. The van der Waals surface area contributed by atoms with Gasteiger partial charge in [0.05, 0.1) is 6.10 Å². The molecule has 1 unspecified atom stereocenters. The van der Waals surface area contributed by atoms with Gasteiger partial charge in [-0.25, -0.2) is 0 Å². The molecule has 18 heavy (non-hydrogen) atoms. The van der Waals surface area contributed by atoms with E-state index in [1.165, 1.54) is 19.3 Å². The first-order chi connectivity index (χ1) is 8.83. The minimum atomic E-state index is -0.418. The van der Waals surface area contributed by atoms with Crippen molar-refractivity contribution in [1.29, 1.82) is 0 Å². The lowest BCUT2D eigenvalue weighted by atomic mass is 9.82. The number of rotatable bonds is 5. The fourth-order valence-electron chi connectivity index (χ4n) is 2.68. The molecule has 1 atom stereocenters. The Hall–Kier alpha value is -1.06. The Morgan fingerprint density at radius 2 is 1.94 bits per heavy atom. The van der Waals surface area contributed by atoms with Crippen molar-refractivity contribution < 1.29 is 14.6 Å². The standard InChI is InChI=1S/C15H22O3/c1-17-11-18-14-10-6-5-9-13(14)15(16)12-7-3-2-4-8-12/h5-6,9-10,12,15-16H,2-4,7-8,11H2,1H3. The molecule has 2 rings (SSSR count). The fourth-order valence-corrected chi connectivity index (χ4v) is 2.68. The van der Waals surface area contributed by atoms with E-state index in [1.54, 1.807) is 7.11 Å². The summed E-state index contributed by atoms with van der Waals surface area (Å²) >= 11 is 0. The van der Waals surface area contributed by atoms with Crippen LogP contribution in [0.4, 0.5) is 0 Å². The van der Waals surface area contributed by atoms with E-state index in [2.05, 4.69) is 0 Å². The topological polar surface area (TPSA) is 38.7 Å². The summed E-state index contributed by atoms with van der Waals surface area (Å²) in [6.45, 7) is 0.217. The van der Waals surface area contributed by atoms with Crippen molar-refractivity contribution in [2.75, 3.05) is 13.9 Å². The highest BCUT2D eigenvalue weighted by atomic mass is 16.7. The monoisotopic (exact) mass is 250 g/mol. The van der Waals surface area contributed by atoms with Gasteiger partial charge in [0.1, 0.15) is 5.75 Å². The quantitative estimate of drug-likeness (QED) is 0.815. The highest BCUT2D eigenvalue weighted by Crippen LogP contribution is 2.37. The molecular weight excluding hydrogens is 228 g/mol. The summed E-state index contributed by atoms with van der Waals surface area (Å²) in [5.74, 6) is 1.10. The molecule has 1 N–H and O–H groups in total. The highest BCUT2D eigenvalue weighted by Gasteiger charge is 2.25. The zero-order chi connectivity index (χ0) is 12.8. The zero-order valence-corrected chi connectivity index (χ0v) is 11.0. The first-order valence-corrected chi connectivity index (χ1v) is 6.71. The summed E-state index contributed by atoms with van der Waals surface area (Å²) < 4.78 is 10.4. The van der Waals surface area contributed by atoms with Crippen LogP contribution in [0.1, 0.15) is 43.8 Å². The number of para-hydroxylation sites is 1. The second-order valence-electron chi connectivity index (χ2n) is 4.93. The van der Waals surface area contributed by atoms with Crippen LogP contribution in [0, 0.1) is 5.92 Å². The van der Waals surface area contributed by atoms with Gasteiger partial charge in [-0.3, -0.25) is 0 Å². The largest absolute Gasteiger partial charge is 0.467 e. The van der Waals surface area contributed by atoms with Crippen LogP contribution in [0.25, 0.3) is 0 Å². The van der Waals surface area contributed by atoms with Gasteiger partial charge >= 0.3 is 0 Å². The third-order valence-electron chi connectivity index (χ3n) is 3.67. The predicted molar refractivity (Wildman–Crippen MR) is 70.5 cm³/mol. The average Bonchev–Trinajstić information content (AvgIpc) is 2.45. The summed E-state index contributed by atoms with van der Waals surface area (Å²) in [6, 6.07) is 7.70. The summed E-state index contributed by atoms with van der Waals surface area (Å²) in [4.78, 5) is 0. The van der Waals surface area contributed by atoms with Gasteiger partial charge in [-0.15, -0.1) is 0 Å². The maximum Gasteiger partial charge on any atom is 0.188 e. The molecule has 0 aliphatic heterocycles. The average molecular weight is 250 g/mol. The van der Waals surface area contributed by atoms with E-state index in [-0.39, 0.29) is 6.79 Å². The second-order valence-corrected chi connectivity index (χ2v) is 4.93. The molecule has 0 aromatic heterocycles. The van der Waals surface area contributed by atoms with Crippen LogP contribution in [0.3, 0.4) is 0 Å². The lowest BCUT2D eigenvalue weighted by molar-refractivity contribution is 0.0425. The first-order valence-electron chi connectivity index (χ1n) is 6.71. The Balaban J connectivity index is 2.10. The van der Waals surface area contributed by atoms with Gasteiger partial charge in [-0.05, 0) is 24.8 Å². The van der Waals surface area contributed by atoms with Gasteiger partial charge in [-0.2, -0.15) is 0 Å². The van der Waals surface area contributed by atoms with E-state index in [0.717, 1.165) is 24.2 Å². The predicted octanol–water partition coefficient (Wildman–Crippen LogP) is 3.28. The van der Waals surface area contributed by atoms with Crippen LogP contribution in [0.2, 0.25) is 0 Å². The Labute approximate surface area is 109 Å². The lowest BCUT2D eigenvalue weighted by Crippen LogP contribution is -2.17. The van der Waals surface area contributed by atoms with Crippen molar-refractivity contribution in [2.24, 2.45) is 5.92 Å². The van der Waals surface area contributed by atoms with Crippen molar-refractivity contribution >= 4 is 0 Å². The molecular formula is C15H22O3. The smallest absolute Gasteiger partial charge is 0.188 e. The van der Waals surface area contributed by atoms with Crippen molar-refractivity contribution in [3.63, 3.8) is 0 Å². The summed E-state index contributed by atoms with van der Waals surface area (Å²) in [7, 11) is 1.60. The minimum absolute atomic E-state index is 0.217. The van der Waals surface area contributed by atoms with E-state index in [4.69, 9.17) is 9.47 Å². The number of aliphatic hydroxyl groups excluding tert-OH is 1. The number of hydrogen-bond acceptors (Lipinski definition) is 3. The van der Waals surface area contributed by atoms with Gasteiger partial charge in [0.2, 0.25) is 0 Å². The van der Waals surface area contributed by atoms with Crippen LogP contribution in [-0.4, -0.2) is 19.0 Å². The SMILES string of the molecule is COCOc1ccccc1C(O)C1CCCCC1. The van der Waals surface area contributed by atoms with Gasteiger partial charge in [0, 0.05) is 12.7 Å². The maximum absolute atomic E-state index is 10.5. The van der Waals surface area contributed by atoms with E-state index in [0.29, 0.717) is 5.92 Å². The Bertz CT molecular complexity index is 359. The van der Waals surface area contributed by atoms with Crippen molar-refractivity contribution in [3.05, 3.63) is 29.8 Å². The maximum atomic E-state index is 10.5. The minimum Gasteiger partial charge on any atom is -0.467 e. The van der Waals surface area contributed by atoms with Crippen LogP contribution < -0.4 is 4.74 Å².